The Labute approximate surface area is 423 Å². The second kappa shape index (κ2) is 52.4. The lowest BCUT2D eigenvalue weighted by molar-refractivity contribution is -0.133. The van der Waals surface area contributed by atoms with Gasteiger partial charge in [-0.05, 0) is 115 Å². The molecule has 5 heteroatoms. The maximum atomic E-state index is 13.6. The van der Waals surface area contributed by atoms with Gasteiger partial charge in [-0.3, -0.25) is 9.59 Å². The number of allylic oxidation sites excluding steroid dienone is 8. The predicted molar refractivity (Wildman–Crippen MR) is 297 cm³/mol. The van der Waals surface area contributed by atoms with Crippen LogP contribution in [0, 0.1) is 11.8 Å². The second-order valence-electron chi connectivity index (χ2n) is 21.2. The van der Waals surface area contributed by atoms with Gasteiger partial charge in [0.05, 0.1) is 0 Å². The maximum Gasteiger partial charge on any atom is 0.509 e. The quantitative estimate of drug-likeness (QED) is 0.0345. The smallest absolute Gasteiger partial charge is 0.423 e. The van der Waals surface area contributed by atoms with E-state index < -0.39 is 18.4 Å². The van der Waals surface area contributed by atoms with E-state index >= 15 is 0 Å². The molecule has 0 saturated carbocycles. The van der Waals surface area contributed by atoms with E-state index in [0.29, 0.717) is 25.7 Å². The van der Waals surface area contributed by atoms with Gasteiger partial charge in [0.2, 0.25) is 0 Å². The molecule has 0 bridgehead atoms. The van der Waals surface area contributed by atoms with Crippen LogP contribution in [0.5, 0.6) is 0 Å². The molecule has 0 aliphatic heterocycles. The summed E-state index contributed by atoms with van der Waals surface area (Å²) in [4.78, 5) is 40.8. The van der Waals surface area contributed by atoms with Gasteiger partial charge in [-0.2, -0.15) is 0 Å². The molecular weight excluding hydrogens is 837 g/mol. The van der Waals surface area contributed by atoms with Gasteiger partial charge in [0.25, 0.3) is 0 Å². The van der Waals surface area contributed by atoms with Crippen molar-refractivity contribution in [2.24, 2.45) is 11.8 Å². The zero-order valence-corrected chi connectivity index (χ0v) is 46.2. The average molecular weight is 952 g/mol. The minimum absolute atomic E-state index is 0.00252. The number of Topliss-reactive ketones (excluding diaryl/α,β-unsaturated/α-hetero) is 2. The lowest BCUT2D eigenvalue weighted by atomic mass is 9.99. The first-order valence-electron chi connectivity index (χ1n) is 29.7. The van der Waals surface area contributed by atoms with Crippen molar-refractivity contribution >= 4 is 17.7 Å². The summed E-state index contributed by atoms with van der Waals surface area (Å²) in [6.45, 7) is 13.7. The van der Waals surface area contributed by atoms with E-state index in [4.69, 9.17) is 9.47 Å². The highest BCUT2D eigenvalue weighted by atomic mass is 16.7. The third-order valence-electron chi connectivity index (χ3n) is 13.4. The topological polar surface area (TPSA) is 69.7 Å². The van der Waals surface area contributed by atoms with E-state index in [1.54, 1.807) is 0 Å². The van der Waals surface area contributed by atoms with Gasteiger partial charge in [-0.25, -0.2) is 4.79 Å². The summed E-state index contributed by atoms with van der Waals surface area (Å²) in [5.41, 5.74) is 0. The van der Waals surface area contributed by atoms with Crippen molar-refractivity contribution in [2.45, 2.75) is 323 Å². The molecule has 0 aliphatic carbocycles. The summed E-state index contributed by atoms with van der Waals surface area (Å²) >= 11 is 0. The maximum absolute atomic E-state index is 13.6. The highest BCUT2D eigenvalue weighted by Gasteiger charge is 2.27. The highest BCUT2D eigenvalue weighted by Crippen LogP contribution is 2.21. The molecule has 0 spiro atoms. The van der Waals surface area contributed by atoms with Crippen LogP contribution in [0.3, 0.4) is 0 Å². The van der Waals surface area contributed by atoms with Gasteiger partial charge in [0, 0.05) is 12.8 Å². The van der Waals surface area contributed by atoms with Crippen LogP contribution in [-0.2, 0) is 19.1 Å². The first-order chi connectivity index (χ1) is 33.2. The molecule has 396 valence electrons. The van der Waals surface area contributed by atoms with Crippen LogP contribution in [-0.4, -0.2) is 29.9 Å². The number of carbonyl (C=O) groups is 3. The Morgan fingerprint density at radius 1 is 0.324 bits per heavy atom. The number of hydrogen-bond donors (Lipinski definition) is 0. The molecule has 2 unspecified atom stereocenters. The van der Waals surface area contributed by atoms with Crippen molar-refractivity contribution in [3.05, 3.63) is 48.6 Å². The number of carbonyl (C=O) groups excluding carboxylic acids is 3. The summed E-state index contributed by atoms with van der Waals surface area (Å²) in [5.74, 6) is 1.54. The Morgan fingerprint density at radius 2 is 0.588 bits per heavy atom. The van der Waals surface area contributed by atoms with Crippen LogP contribution in [0.2, 0.25) is 0 Å². The molecule has 0 radical (unpaired) electrons. The number of hydrogen-bond acceptors (Lipinski definition) is 5. The van der Waals surface area contributed by atoms with E-state index in [-0.39, 0.29) is 11.6 Å². The van der Waals surface area contributed by atoms with E-state index in [9.17, 15) is 14.4 Å². The third kappa shape index (κ3) is 48.6. The molecular formula is C63H114O5. The Bertz CT molecular complexity index is 1130. The standard InChI is InChI=1S/C63H114O5/c1-7-9-11-13-15-17-19-21-23-25-27-29-35-41-47-53-59(64)61(55-49-43-37-31-33-39-45-51-57(3)4)67-63(66)68-62(56-50-44-38-32-34-40-46-52-58(5)6)60(65)54-48-42-36-30-28-26-24-22-20-18-16-14-12-10-8-2/h15-18,21-24,57-58,61-62H,7-14,19-20,25-56H2,1-6H3/b17-15-,18-16-,23-21-,24-22-. The molecule has 0 rings (SSSR count). The molecule has 68 heavy (non-hydrogen) atoms. The first-order valence-corrected chi connectivity index (χ1v) is 29.7. The van der Waals surface area contributed by atoms with Crippen LogP contribution in [0.1, 0.15) is 311 Å². The summed E-state index contributed by atoms with van der Waals surface area (Å²) in [7, 11) is 0. The van der Waals surface area contributed by atoms with Gasteiger partial charge < -0.3 is 9.47 Å². The van der Waals surface area contributed by atoms with Gasteiger partial charge >= 0.3 is 6.16 Å². The predicted octanol–water partition coefficient (Wildman–Crippen LogP) is 21.0. The zero-order chi connectivity index (χ0) is 49.8. The lowest BCUT2D eigenvalue weighted by Crippen LogP contribution is -2.32. The van der Waals surface area contributed by atoms with Crippen LogP contribution >= 0.6 is 0 Å². The Balaban J connectivity index is 5.15. The molecule has 2 atom stereocenters. The molecule has 0 N–H and O–H groups in total. The first kappa shape index (κ1) is 65.6. The van der Waals surface area contributed by atoms with E-state index in [0.717, 1.165) is 127 Å². The minimum atomic E-state index is -0.836. The van der Waals surface area contributed by atoms with Gasteiger partial charge in [-0.15, -0.1) is 0 Å². The van der Waals surface area contributed by atoms with Gasteiger partial charge in [-0.1, -0.05) is 244 Å². The molecule has 0 aliphatic rings. The molecule has 0 fully saturated rings. The Hall–Kier alpha value is -2.43. The normalized spacial score (nSPS) is 13.1. The van der Waals surface area contributed by atoms with Gasteiger partial charge in [0.1, 0.15) is 0 Å². The molecule has 0 amide bonds. The fourth-order valence-electron chi connectivity index (χ4n) is 8.91. The molecule has 0 aromatic heterocycles. The summed E-state index contributed by atoms with van der Waals surface area (Å²) in [5, 5.41) is 0. The van der Waals surface area contributed by atoms with Gasteiger partial charge in [0.15, 0.2) is 23.8 Å². The number of unbranched alkanes of at least 4 members (excludes halogenated alkanes) is 28. The molecule has 5 nitrogen and oxygen atoms in total. The van der Waals surface area contributed by atoms with Crippen molar-refractivity contribution in [1.29, 1.82) is 0 Å². The number of ketones is 2. The van der Waals surface area contributed by atoms with E-state index in [1.807, 2.05) is 0 Å². The average Bonchev–Trinajstić information content (AvgIpc) is 3.31. The number of rotatable bonds is 52. The second-order valence-corrected chi connectivity index (χ2v) is 21.2. The zero-order valence-electron chi connectivity index (χ0n) is 46.2. The third-order valence-corrected chi connectivity index (χ3v) is 13.4. The van der Waals surface area contributed by atoms with Crippen LogP contribution in [0.25, 0.3) is 0 Å². The largest absolute Gasteiger partial charge is 0.509 e. The van der Waals surface area contributed by atoms with Crippen molar-refractivity contribution in [3.8, 4) is 0 Å². The van der Waals surface area contributed by atoms with Crippen LogP contribution in [0.15, 0.2) is 48.6 Å². The highest BCUT2D eigenvalue weighted by molar-refractivity contribution is 5.86. The Morgan fingerprint density at radius 3 is 0.897 bits per heavy atom. The molecule has 0 saturated heterocycles. The van der Waals surface area contributed by atoms with E-state index in [1.165, 1.54) is 128 Å². The van der Waals surface area contributed by atoms with Crippen molar-refractivity contribution < 1.29 is 23.9 Å². The van der Waals surface area contributed by atoms with Crippen molar-refractivity contribution in [3.63, 3.8) is 0 Å². The molecule has 0 aromatic carbocycles. The van der Waals surface area contributed by atoms with Crippen LogP contribution < -0.4 is 0 Å². The number of ether oxygens (including phenoxy) is 2. The van der Waals surface area contributed by atoms with Crippen molar-refractivity contribution in [2.75, 3.05) is 0 Å². The summed E-state index contributed by atoms with van der Waals surface area (Å²) in [6.07, 6.45) is 61.6. The van der Waals surface area contributed by atoms with Crippen LogP contribution in [0.4, 0.5) is 4.79 Å². The molecule has 0 heterocycles. The fourth-order valence-corrected chi connectivity index (χ4v) is 8.91. The monoisotopic (exact) mass is 951 g/mol. The summed E-state index contributed by atoms with van der Waals surface area (Å²) < 4.78 is 11.8. The minimum Gasteiger partial charge on any atom is -0.423 e. The Kier molecular flexibility index (Phi) is 50.5. The van der Waals surface area contributed by atoms with E-state index in [2.05, 4.69) is 90.2 Å². The molecule has 0 aromatic rings. The lowest BCUT2D eigenvalue weighted by Gasteiger charge is -2.20. The SMILES string of the molecule is CCCCC/C=C\C/C=C\CCCCCCCC(=O)C(CCCCCCCCCC(C)C)OC(=O)OC(CCCCCCCCCC(C)C)C(=O)CCCCCCC/C=C\C/C=C\CCCCC. The fraction of sp³-hybridized carbons (Fsp3) is 0.825. The van der Waals surface area contributed by atoms with Crippen molar-refractivity contribution in [1.82, 2.24) is 0 Å². The summed E-state index contributed by atoms with van der Waals surface area (Å²) in [6, 6.07) is 0.